The lowest BCUT2D eigenvalue weighted by Crippen LogP contribution is -2.28. The minimum atomic E-state index is -0.407. The average molecular weight is 724 g/mol. The molecule has 304 valence electrons. The zero-order valence-corrected chi connectivity index (χ0v) is 35.4. The molecule has 0 rings (SSSR count). The fourth-order valence-electron chi connectivity index (χ4n) is 7.06. The van der Waals surface area contributed by atoms with Crippen LogP contribution in [0.25, 0.3) is 0 Å². The number of nitrogens with zero attached hydrogens (tertiary/aromatic N) is 1. The van der Waals surface area contributed by atoms with E-state index in [1.54, 1.807) is 0 Å². The Morgan fingerprint density at radius 3 is 1.71 bits per heavy atom. The fourth-order valence-corrected chi connectivity index (χ4v) is 7.06. The smallest absolute Gasteiger partial charge is 0.311 e. The van der Waals surface area contributed by atoms with Gasteiger partial charge in [0.15, 0.2) is 0 Å². The van der Waals surface area contributed by atoms with Crippen molar-refractivity contribution in [3.8, 4) is 0 Å². The molecule has 0 aromatic heterocycles. The third-order valence-corrected chi connectivity index (χ3v) is 10.8. The number of aliphatic hydroxyl groups is 1. The number of rotatable bonds is 38. The van der Waals surface area contributed by atoms with Crippen LogP contribution in [0.15, 0.2) is 0 Å². The Bertz CT molecular complexity index is 789. The number of hydrogen-bond acceptors (Lipinski definition) is 6. The van der Waals surface area contributed by atoms with E-state index < -0.39 is 5.41 Å². The van der Waals surface area contributed by atoms with Gasteiger partial charge in [0.05, 0.1) is 18.6 Å². The molecule has 0 aliphatic rings. The average Bonchev–Trinajstić information content (AvgIpc) is 3.10. The first kappa shape index (κ1) is 49.9. The Labute approximate surface area is 318 Å². The molecule has 0 amide bonds. The van der Waals surface area contributed by atoms with Gasteiger partial charge in [-0.25, -0.2) is 0 Å². The number of unbranched alkanes of at least 4 members (excludes halogenated alkanes) is 14. The summed E-state index contributed by atoms with van der Waals surface area (Å²) in [6, 6.07) is 0. The number of ether oxygens (including phenoxy) is 2. The van der Waals surface area contributed by atoms with E-state index in [1.807, 2.05) is 13.8 Å². The van der Waals surface area contributed by atoms with Crippen LogP contribution >= 0.6 is 0 Å². The Kier molecular flexibility index (Phi) is 32.7. The quantitative estimate of drug-likeness (QED) is 0.0505. The highest BCUT2D eigenvalue weighted by Gasteiger charge is 2.28. The van der Waals surface area contributed by atoms with Crippen molar-refractivity contribution >= 4 is 11.9 Å². The predicted octanol–water partition coefficient (Wildman–Crippen LogP) is 12.6. The lowest BCUT2D eigenvalue weighted by atomic mass is 9.87. The van der Waals surface area contributed by atoms with Crippen molar-refractivity contribution < 1.29 is 24.2 Å². The molecule has 0 unspecified atom stereocenters. The zero-order valence-electron chi connectivity index (χ0n) is 35.4. The van der Waals surface area contributed by atoms with Crippen molar-refractivity contribution in [2.75, 3.05) is 39.5 Å². The molecule has 0 spiro atoms. The van der Waals surface area contributed by atoms with Crippen LogP contribution in [0, 0.1) is 16.7 Å². The number of carbonyl (C=O) groups excluding carboxylic acids is 2. The second-order valence-electron chi connectivity index (χ2n) is 17.3. The SMILES string of the molecule is CCCCCCCCCOC(=O)C(C)(C)CCCCCCN(CCCO)CCCCCC(C)(C)COC(=O)CCCCC(CCCC)CCCC. The Balaban J connectivity index is 4.14. The van der Waals surface area contributed by atoms with Gasteiger partial charge in [0.2, 0.25) is 0 Å². The van der Waals surface area contributed by atoms with Crippen LogP contribution in [0.3, 0.4) is 0 Å². The summed E-state index contributed by atoms with van der Waals surface area (Å²) in [4.78, 5) is 27.6. The van der Waals surface area contributed by atoms with E-state index in [0.717, 1.165) is 103 Å². The molecule has 0 radical (unpaired) electrons. The van der Waals surface area contributed by atoms with Crippen molar-refractivity contribution in [3.63, 3.8) is 0 Å². The van der Waals surface area contributed by atoms with Crippen molar-refractivity contribution in [1.29, 1.82) is 0 Å². The van der Waals surface area contributed by atoms with Crippen LogP contribution in [-0.4, -0.2) is 61.4 Å². The standard InChI is InChI=1S/C45H89NO5/c1-8-11-14-15-16-19-27-39-50-43(49)45(6,7)34-24-17-18-25-35-46(37-28-38-47)36-26-20-23-33-44(4,5)40-51-42(48)32-22-21-31-41(29-12-9-2)30-13-10-3/h41,47H,8-40H2,1-7H3. The van der Waals surface area contributed by atoms with Crippen molar-refractivity contribution in [3.05, 3.63) is 0 Å². The fraction of sp³-hybridized carbons (Fsp3) is 0.956. The monoisotopic (exact) mass is 724 g/mol. The van der Waals surface area contributed by atoms with E-state index in [2.05, 4.69) is 39.5 Å². The van der Waals surface area contributed by atoms with Crippen molar-refractivity contribution in [2.45, 2.75) is 222 Å². The number of esters is 2. The van der Waals surface area contributed by atoms with E-state index in [1.165, 1.54) is 89.9 Å². The molecule has 0 saturated heterocycles. The molecule has 0 bridgehead atoms. The molecular formula is C45H89NO5. The van der Waals surface area contributed by atoms with E-state index in [9.17, 15) is 14.7 Å². The summed E-state index contributed by atoms with van der Waals surface area (Å²) in [5.74, 6) is 0.766. The summed E-state index contributed by atoms with van der Waals surface area (Å²) in [5.41, 5.74) is -0.397. The van der Waals surface area contributed by atoms with Crippen LogP contribution < -0.4 is 0 Å². The molecule has 0 atom stereocenters. The normalized spacial score (nSPS) is 12.3. The molecule has 0 heterocycles. The van der Waals surface area contributed by atoms with Gasteiger partial charge in [-0.05, 0) is 83.2 Å². The Morgan fingerprint density at radius 1 is 0.569 bits per heavy atom. The third kappa shape index (κ3) is 31.0. The van der Waals surface area contributed by atoms with E-state index in [-0.39, 0.29) is 24.0 Å². The van der Waals surface area contributed by atoms with Gasteiger partial charge < -0.3 is 19.5 Å². The molecule has 0 aliphatic carbocycles. The van der Waals surface area contributed by atoms with Gasteiger partial charge >= 0.3 is 11.9 Å². The lowest BCUT2D eigenvalue weighted by molar-refractivity contribution is -0.154. The van der Waals surface area contributed by atoms with Gasteiger partial charge in [0.25, 0.3) is 0 Å². The van der Waals surface area contributed by atoms with Gasteiger partial charge in [0, 0.05) is 19.6 Å². The maximum absolute atomic E-state index is 12.6. The molecular weight excluding hydrogens is 634 g/mol. The van der Waals surface area contributed by atoms with Gasteiger partial charge in [-0.2, -0.15) is 0 Å². The maximum Gasteiger partial charge on any atom is 0.311 e. The molecule has 6 heteroatoms. The van der Waals surface area contributed by atoms with Gasteiger partial charge in [-0.3, -0.25) is 9.59 Å². The molecule has 0 fully saturated rings. The van der Waals surface area contributed by atoms with Gasteiger partial charge in [-0.15, -0.1) is 0 Å². The van der Waals surface area contributed by atoms with Crippen molar-refractivity contribution in [2.24, 2.45) is 16.7 Å². The molecule has 1 N–H and O–H groups in total. The Hall–Kier alpha value is -1.14. The summed E-state index contributed by atoms with van der Waals surface area (Å²) >= 11 is 0. The summed E-state index contributed by atoms with van der Waals surface area (Å²) in [6.45, 7) is 19.7. The topological polar surface area (TPSA) is 76.1 Å². The number of carbonyl (C=O) groups is 2. The van der Waals surface area contributed by atoms with E-state index >= 15 is 0 Å². The minimum Gasteiger partial charge on any atom is -0.465 e. The molecule has 0 saturated carbocycles. The summed E-state index contributed by atoms with van der Waals surface area (Å²) in [7, 11) is 0. The Morgan fingerprint density at radius 2 is 1.08 bits per heavy atom. The predicted molar refractivity (Wildman–Crippen MR) is 218 cm³/mol. The molecule has 0 aromatic carbocycles. The second-order valence-corrected chi connectivity index (χ2v) is 17.3. The lowest BCUT2D eigenvalue weighted by Gasteiger charge is -2.25. The van der Waals surface area contributed by atoms with Crippen molar-refractivity contribution in [1.82, 2.24) is 4.90 Å². The zero-order chi connectivity index (χ0) is 38.1. The molecule has 6 nitrogen and oxygen atoms in total. The van der Waals surface area contributed by atoms with Crippen LogP contribution in [-0.2, 0) is 19.1 Å². The van der Waals surface area contributed by atoms with Crippen LogP contribution in [0.1, 0.15) is 222 Å². The molecule has 0 aromatic rings. The number of hydrogen-bond donors (Lipinski definition) is 1. The first-order valence-electron chi connectivity index (χ1n) is 22.2. The summed E-state index contributed by atoms with van der Waals surface area (Å²) < 4.78 is 11.4. The number of aliphatic hydroxyl groups excluding tert-OH is 1. The van der Waals surface area contributed by atoms with Gasteiger partial charge in [-0.1, -0.05) is 157 Å². The first-order chi connectivity index (χ1) is 24.5. The van der Waals surface area contributed by atoms with E-state index in [4.69, 9.17) is 9.47 Å². The minimum absolute atomic E-state index is 0.0104. The third-order valence-electron chi connectivity index (χ3n) is 10.8. The highest BCUT2D eigenvalue weighted by Crippen LogP contribution is 2.27. The summed E-state index contributed by atoms with van der Waals surface area (Å²) in [5, 5.41) is 9.43. The molecule has 51 heavy (non-hydrogen) atoms. The summed E-state index contributed by atoms with van der Waals surface area (Å²) in [6.07, 6.45) is 31.2. The first-order valence-corrected chi connectivity index (χ1v) is 22.2. The van der Waals surface area contributed by atoms with E-state index in [0.29, 0.717) is 19.6 Å². The largest absolute Gasteiger partial charge is 0.465 e. The second kappa shape index (κ2) is 33.4. The highest BCUT2D eigenvalue weighted by molar-refractivity contribution is 5.75. The van der Waals surface area contributed by atoms with Gasteiger partial charge in [0.1, 0.15) is 0 Å². The maximum atomic E-state index is 12.6. The highest BCUT2D eigenvalue weighted by atomic mass is 16.5. The van der Waals surface area contributed by atoms with Crippen LogP contribution in [0.5, 0.6) is 0 Å². The van der Waals surface area contributed by atoms with Crippen LogP contribution in [0.2, 0.25) is 0 Å². The van der Waals surface area contributed by atoms with Crippen LogP contribution in [0.4, 0.5) is 0 Å². The molecule has 0 aliphatic heterocycles.